The van der Waals surface area contributed by atoms with E-state index in [-0.39, 0.29) is 18.7 Å². The molecule has 5 heteroatoms. The topological polar surface area (TPSA) is 50.8 Å². The van der Waals surface area contributed by atoms with Crippen LogP contribution < -0.4 is 14.8 Å². The van der Waals surface area contributed by atoms with Crippen LogP contribution in [0.15, 0.2) is 48.5 Å². The highest BCUT2D eigenvalue weighted by atomic mass is 16.7. The third-order valence-corrected chi connectivity index (χ3v) is 5.34. The number of ether oxygens (including phenoxy) is 2. The number of nitrogens with one attached hydrogen (secondary N) is 1. The van der Waals surface area contributed by atoms with Crippen molar-refractivity contribution in [2.24, 2.45) is 0 Å². The largest absolute Gasteiger partial charge is 0.454 e. The van der Waals surface area contributed by atoms with Crippen molar-refractivity contribution in [2.75, 3.05) is 26.4 Å². The van der Waals surface area contributed by atoms with Crippen LogP contribution >= 0.6 is 0 Å². The maximum atomic E-state index is 12.4. The fraction of sp³-hybridized carbons (Fsp3) is 0.409. The van der Waals surface area contributed by atoms with Crippen LogP contribution in [-0.4, -0.2) is 37.2 Å². The molecule has 5 nitrogen and oxygen atoms in total. The first-order chi connectivity index (χ1) is 13.3. The number of carbonyl (C=O) groups excluding carboxylic acids is 1. The zero-order valence-corrected chi connectivity index (χ0v) is 15.5. The maximum absolute atomic E-state index is 12.4. The van der Waals surface area contributed by atoms with Crippen molar-refractivity contribution in [3.63, 3.8) is 0 Å². The van der Waals surface area contributed by atoms with E-state index in [2.05, 4.69) is 34.5 Å². The maximum Gasteiger partial charge on any atom is 0.231 e. The Morgan fingerprint density at radius 2 is 1.81 bits per heavy atom. The molecule has 0 saturated carbocycles. The van der Waals surface area contributed by atoms with Crippen LogP contribution in [0.1, 0.15) is 36.4 Å². The Labute approximate surface area is 160 Å². The molecule has 2 aliphatic heterocycles. The summed E-state index contributed by atoms with van der Waals surface area (Å²) < 4.78 is 11.0. The molecule has 2 aromatic rings. The van der Waals surface area contributed by atoms with Crippen LogP contribution in [0.3, 0.4) is 0 Å². The summed E-state index contributed by atoms with van der Waals surface area (Å²) >= 11 is 0. The molecule has 0 spiro atoms. The van der Waals surface area contributed by atoms with E-state index in [4.69, 9.17) is 9.47 Å². The first kappa shape index (κ1) is 17.9. The monoisotopic (exact) mass is 366 g/mol. The quantitative estimate of drug-likeness (QED) is 0.817. The lowest BCUT2D eigenvalue weighted by Gasteiger charge is -2.28. The highest BCUT2D eigenvalue weighted by Crippen LogP contribution is 2.36. The summed E-state index contributed by atoms with van der Waals surface area (Å²) in [6.45, 7) is 3.04. The lowest BCUT2D eigenvalue weighted by Crippen LogP contribution is -2.36. The summed E-state index contributed by atoms with van der Waals surface area (Å²) in [7, 11) is 0. The van der Waals surface area contributed by atoms with Crippen LogP contribution in [-0.2, 0) is 11.2 Å². The molecule has 1 fully saturated rings. The highest BCUT2D eigenvalue weighted by molar-refractivity contribution is 5.76. The average molecular weight is 366 g/mol. The van der Waals surface area contributed by atoms with Gasteiger partial charge in [0.05, 0.1) is 6.04 Å². The Hall–Kier alpha value is -2.53. The molecule has 0 radical (unpaired) electrons. The van der Waals surface area contributed by atoms with Crippen molar-refractivity contribution in [1.29, 1.82) is 0 Å². The second kappa shape index (κ2) is 8.44. The predicted octanol–water partition coefficient (Wildman–Crippen LogP) is 3.30. The molecule has 0 bridgehead atoms. The lowest BCUT2D eigenvalue weighted by molar-refractivity contribution is -0.121. The number of benzene rings is 2. The number of nitrogens with zero attached hydrogens (tertiary/aromatic N) is 1. The van der Waals surface area contributed by atoms with Crippen LogP contribution in [0.2, 0.25) is 0 Å². The Balaban J connectivity index is 1.38. The van der Waals surface area contributed by atoms with Crippen LogP contribution in [0.5, 0.6) is 11.5 Å². The molecule has 142 valence electrons. The zero-order chi connectivity index (χ0) is 18.5. The molecule has 1 saturated heterocycles. The number of amides is 1. The fourth-order valence-corrected chi connectivity index (χ4v) is 3.83. The third kappa shape index (κ3) is 4.42. The van der Waals surface area contributed by atoms with Gasteiger partial charge in [-0.1, -0.05) is 36.4 Å². The Morgan fingerprint density at radius 1 is 1.04 bits per heavy atom. The van der Waals surface area contributed by atoms with Gasteiger partial charge in [-0.15, -0.1) is 0 Å². The van der Waals surface area contributed by atoms with Crippen LogP contribution in [0.25, 0.3) is 0 Å². The van der Waals surface area contributed by atoms with Gasteiger partial charge in [-0.05, 0) is 55.6 Å². The van der Waals surface area contributed by atoms with E-state index in [0.717, 1.165) is 31.0 Å². The molecule has 4 rings (SSSR count). The van der Waals surface area contributed by atoms with E-state index < -0.39 is 0 Å². The van der Waals surface area contributed by atoms with Crippen molar-refractivity contribution < 1.29 is 14.3 Å². The van der Waals surface area contributed by atoms with Crippen molar-refractivity contribution >= 4 is 5.91 Å². The summed E-state index contributed by atoms with van der Waals surface area (Å²) in [4.78, 5) is 14.8. The van der Waals surface area contributed by atoms with E-state index in [9.17, 15) is 4.79 Å². The minimum absolute atomic E-state index is 0.101. The number of fused-ring (bicyclic) bond motifs is 1. The van der Waals surface area contributed by atoms with Gasteiger partial charge in [0.1, 0.15) is 0 Å². The molecule has 2 aliphatic rings. The van der Waals surface area contributed by atoms with Gasteiger partial charge >= 0.3 is 0 Å². The molecule has 0 aromatic heterocycles. The van der Waals surface area contributed by atoms with E-state index >= 15 is 0 Å². The second-order valence-corrected chi connectivity index (χ2v) is 7.16. The third-order valence-electron chi connectivity index (χ3n) is 5.34. The summed E-state index contributed by atoms with van der Waals surface area (Å²) in [6, 6.07) is 16.4. The molecular weight excluding hydrogens is 340 g/mol. The SMILES string of the molecule is O=C(CCc1ccccc1)NC[C@@H](c1ccc2c(c1)OCO2)N1CCCC1. The molecule has 2 aromatic carbocycles. The Bertz CT molecular complexity index is 772. The molecule has 0 unspecified atom stereocenters. The average Bonchev–Trinajstić information content (AvgIpc) is 3.39. The lowest BCUT2D eigenvalue weighted by atomic mass is 10.0. The van der Waals surface area contributed by atoms with E-state index in [0.29, 0.717) is 13.0 Å². The van der Waals surface area contributed by atoms with Crippen molar-refractivity contribution in [1.82, 2.24) is 10.2 Å². The molecular formula is C22H26N2O3. The molecule has 27 heavy (non-hydrogen) atoms. The highest BCUT2D eigenvalue weighted by Gasteiger charge is 2.26. The zero-order valence-electron chi connectivity index (χ0n) is 15.5. The van der Waals surface area contributed by atoms with Crippen LogP contribution in [0.4, 0.5) is 0 Å². The van der Waals surface area contributed by atoms with Gasteiger partial charge in [-0.3, -0.25) is 9.69 Å². The fourth-order valence-electron chi connectivity index (χ4n) is 3.83. The van der Waals surface area contributed by atoms with Gasteiger partial charge < -0.3 is 14.8 Å². The molecule has 1 amide bonds. The van der Waals surface area contributed by atoms with Crippen molar-refractivity contribution in [3.05, 3.63) is 59.7 Å². The summed E-state index contributed by atoms with van der Waals surface area (Å²) in [5.41, 5.74) is 2.36. The van der Waals surface area contributed by atoms with E-state index in [1.54, 1.807) is 0 Å². The van der Waals surface area contributed by atoms with E-state index in [1.807, 2.05) is 24.3 Å². The Kier molecular flexibility index (Phi) is 5.58. The van der Waals surface area contributed by atoms with Gasteiger partial charge in [0.2, 0.25) is 12.7 Å². The first-order valence-corrected chi connectivity index (χ1v) is 9.74. The van der Waals surface area contributed by atoms with Gasteiger partial charge in [0.25, 0.3) is 0 Å². The van der Waals surface area contributed by atoms with Gasteiger partial charge in [0, 0.05) is 13.0 Å². The number of likely N-dealkylation sites (tertiary alicyclic amines) is 1. The molecule has 1 N–H and O–H groups in total. The standard InChI is InChI=1S/C22H26N2O3/c25-22(11-8-17-6-2-1-3-7-17)23-15-19(24-12-4-5-13-24)18-9-10-20-21(14-18)27-16-26-20/h1-3,6-7,9-10,14,19H,4-5,8,11-13,15-16H2,(H,23,25)/t19-/m0/s1. The number of rotatable bonds is 7. The molecule has 2 heterocycles. The van der Waals surface area contributed by atoms with Crippen molar-refractivity contribution in [2.45, 2.75) is 31.7 Å². The number of hydrogen-bond acceptors (Lipinski definition) is 4. The summed E-state index contributed by atoms with van der Waals surface area (Å²) in [6.07, 6.45) is 3.70. The Morgan fingerprint density at radius 3 is 2.63 bits per heavy atom. The summed E-state index contributed by atoms with van der Waals surface area (Å²) in [5, 5.41) is 3.14. The first-order valence-electron chi connectivity index (χ1n) is 9.74. The minimum Gasteiger partial charge on any atom is -0.454 e. The number of aryl methyl sites for hydroxylation is 1. The normalized spacial score (nSPS) is 17.0. The molecule has 1 atom stereocenters. The molecule has 0 aliphatic carbocycles. The number of hydrogen-bond donors (Lipinski definition) is 1. The van der Waals surface area contributed by atoms with Crippen molar-refractivity contribution in [3.8, 4) is 11.5 Å². The van der Waals surface area contributed by atoms with Gasteiger partial charge in [-0.2, -0.15) is 0 Å². The van der Waals surface area contributed by atoms with Crippen LogP contribution in [0, 0.1) is 0 Å². The smallest absolute Gasteiger partial charge is 0.231 e. The minimum atomic E-state index is 0.101. The van der Waals surface area contributed by atoms with E-state index in [1.165, 1.54) is 24.0 Å². The number of carbonyl (C=O) groups is 1. The second-order valence-electron chi connectivity index (χ2n) is 7.16. The van der Waals surface area contributed by atoms with Gasteiger partial charge in [-0.25, -0.2) is 0 Å². The summed E-state index contributed by atoms with van der Waals surface area (Å²) in [5.74, 6) is 1.70. The van der Waals surface area contributed by atoms with Gasteiger partial charge in [0.15, 0.2) is 11.5 Å². The predicted molar refractivity (Wildman–Crippen MR) is 104 cm³/mol.